The van der Waals surface area contributed by atoms with Gasteiger partial charge in [-0.1, -0.05) is 165 Å². The fourth-order valence-electron chi connectivity index (χ4n) is 14.9. The van der Waals surface area contributed by atoms with Crippen molar-refractivity contribution in [2.75, 3.05) is 9.80 Å². The van der Waals surface area contributed by atoms with Crippen molar-refractivity contribution in [3.8, 4) is 11.1 Å². The van der Waals surface area contributed by atoms with Gasteiger partial charge in [-0.25, -0.2) is 0 Å². The Morgan fingerprint density at radius 2 is 0.987 bits per heavy atom. The van der Waals surface area contributed by atoms with E-state index in [0.29, 0.717) is 0 Å². The molecule has 0 saturated carbocycles. The molecule has 0 N–H and O–H groups in total. The van der Waals surface area contributed by atoms with Crippen molar-refractivity contribution in [1.29, 1.82) is 0 Å². The maximum absolute atomic E-state index is 7.62. The molecule has 0 radical (unpaired) electrons. The third-order valence-electron chi connectivity index (χ3n) is 20.0. The summed E-state index contributed by atoms with van der Waals surface area (Å²) in [4.78, 5) is 5.40. The van der Waals surface area contributed by atoms with Crippen LogP contribution in [0.2, 0.25) is 0 Å². The van der Waals surface area contributed by atoms with Crippen LogP contribution in [0.3, 0.4) is 0 Å². The molecule has 0 spiro atoms. The number of fused-ring (bicyclic) bond motifs is 10. The van der Waals surface area contributed by atoms with Gasteiger partial charge in [0.15, 0.2) is 0 Å². The normalized spacial score (nSPS) is 20.0. The third-order valence-corrected chi connectivity index (χ3v) is 20.0. The summed E-state index contributed by atoms with van der Waals surface area (Å²) < 4.78 is 7.62. The fraction of sp³-hybridized carbons (Fsp3) is 0.408. The minimum atomic E-state index is -0.147. The Hall–Kier alpha value is -6.00. The first kappa shape index (κ1) is 48.6. The average Bonchev–Trinajstić information content (AvgIpc) is 3.73. The monoisotopic (exact) mass is 987 g/mol. The van der Waals surface area contributed by atoms with Crippen molar-refractivity contribution in [2.45, 2.75) is 187 Å². The third kappa shape index (κ3) is 7.12. The molecule has 0 fully saturated rings. The molecule has 5 aliphatic rings. The lowest BCUT2D eigenvalue weighted by Gasteiger charge is -2.48. The molecule has 0 saturated heterocycles. The van der Waals surface area contributed by atoms with Gasteiger partial charge in [-0.3, -0.25) is 0 Å². The van der Waals surface area contributed by atoms with Crippen molar-refractivity contribution in [3.05, 3.63) is 160 Å². The molecular formula is C71H79BN2O. The second-order valence-corrected chi connectivity index (χ2v) is 29.0. The quantitative estimate of drug-likeness (QED) is 0.165. The van der Waals surface area contributed by atoms with E-state index in [1.54, 1.807) is 0 Å². The van der Waals surface area contributed by atoms with E-state index >= 15 is 0 Å². The van der Waals surface area contributed by atoms with Crippen LogP contribution in [0.5, 0.6) is 0 Å². The van der Waals surface area contributed by atoms with Crippen LogP contribution in [0.15, 0.2) is 120 Å². The lowest BCUT2D eigenvalue weighted by atomic mass is 9.35. The van der Waals surface area contributed by atoms with Crippen LogP contribution in [0.25, 0.3) is 32.9 Å². The fourth-order valence-corrected chi connectivity index (χ4v) is 14.9. The van der Waals surface area contributed by atoms with Gasteiger partial charge in [0.25, 0.3) is 6.71 Å². The average molecular weight is 987 g/mol. The van der Waals surface area contributed by atoms with Crippen molar-refractivity contribution >= 4 is 79.2 Å². The van der Waals surface area contributed by atoms with Crippen molar-refractivity contribution < 1.29 is 4.42 Å². The van der Waals surface area contributed by atoms with Crippen LogP contribution < -0.4 is 26.4 Å². The highest BCUT2D eigenvalue weighted by atomic mass is 16.3. The SMILES string of the molecule is Cc1cc2c3c(c1)N(c1ccc4c(c1)C(C)(C)CCC4(C)C)c1c(oc4ccc(C(C)(C)C)cc14)B3c1cc3c(cc1N2c1cc2c(cc1-c1cccc4ccccc14)C(C)(C)CCC2(C)C)C(C)(C)CCC3(C)C. The molecule has 3 aliphatic carbocycles. The summed E-state index contributed by atoms with van der Waals surface area (Å²) in [6.07, 6.45) is 6.93. The maximum atomic E-state index is 7.62. The number of rotatable bonds is 3. The zero-order valence-corrected chi connectivity index (χ0v) is 48.1. The molecule has 0 bridgehead atoms. The topological polar surface area (TPSA) is 19.6 Å². The summed E-state index contributed by atoms with van der Waals surface area (Å²) in [5.41, 5.74) is 26.1. The van der Waals surface area contributed by atoms with Gasteiger partial charge in [0.2, 0.25) is 0 Å². The minimum absolute atomic E-state index is 0.000627. The number of hydrogen-bond donors (Lipinski definition) is 0. The first-order chi connectivity index (χ1) is 35.2. The molecule has 3 nitrogen and oxygen atoms in total. The molecule has 75 heavy (non-hydrogen) atoms. The molecule has 2 aliphatic heterocycles. The van der Waals surface area contributed by atoms with Crippen LogP contribution in [0.1, 0.15) is 187 Å². The van der Waals surface area contributed by atoms with Gasteiger partial charge in [0.1, 0.15) is 5.58 Å². The summed E-state index contributed by atoms with van der Waals surface area (Å²) >= 11 is 0. The molecule has 0 unspecified atom stereocenters. The Bertz CT molecular complexity index is 3750. The predicted molar refractivity (Wildman–Crippen MR) is 322 cm³/mol. The first-order valence-corrected chi connectivity index (χ1v) is 28.5. The van der Waals surface area contributed by atoms with E-state index in [-0.39, 0.29) is 44.6 Å². The summed E-state index contributed by atoms with van der Waals surface area (Å²) in [6.45, 7) is 38.9. The largest absolute Gasteiger partial charge is 0.468 e. The molecular weight excluding hydrogens is 908 g/mol. The van der Waals surface area contributed by atoms with Crippen LogP contribution in [-0.4, -0.2) is 6.71 Å². The number of hydrogen-bond acceptors (Lipinski definition) is 3. The highest BCUT2D eigenvalue weighted by Gasteiger charge is 2.50. The van der Waals surface area contributed by atoms with Gasteiger partial charge in [0.05, 0.1) is 17.0 Å². The Morgan fingerprint density at radius 3 is 1.61 bits per heavy atom. The zero-order valence-electron chi connectivity index (χ0n) is 48.1. The maximum Gasteiger partial charge on any atom is 0.297 e. The molecule has 0 amide bonds. The highest BCUT2D eigenvalue weighted by molar-refractivity contribution is 7.00. The molecule has 13 rings (SSSR count). The Balaban J connectivity index is 1.19. The van der Waals surface area contributed by atoms with Crippen molar-refractivity contribution in [2.24, 2.45) is 0 Å². The minimum Gasteiger partial charge on any atom is -0.468 e. The smallest absolute Gasteiger partial charge is 0.297 e. The van der Waals surface area contributed by atoms with E-state index in [2.05, 4.69) is 236 Å². The van der Waals surface area contributed by atoms with E-state index in [1.165, 1.54) is 123 Å². The number of benzene rings is 7. The standard InChI is InChI=1S/C71H79BN2O/c1-42-34-59-62-60(35-42)74(57-40-54-52(68(9,10)30-32-70(54,13)14)38-48(57)47-23-19-21-43-20-17-18-22-46(43)47)58-41-55-53(69(11,12)31-33-71(55,15)16)39-56(58)72(62)64-63(49-36-44(65(2,3)4)24-27-61(49)75-64)73(59)45-25-26-50-51(37-45)67(7,8)29-28-66(50,5)6/h17-27,34-41H,28-33H2,1-16H3. The molecule has 0 atom stereocenters. The van der Waals surface area contributed by atoms with Crippen LogP contribution in [0.4, 0.5) is 34.1 Å². The Kier molecular flexibility index (Phi) is 10.1. The second-order valence-electron chi connectivity index (χ2n) is 29.0. The van der Waals surface area contributed by atoms with Gasteiger partial charge in [-0.05, 0) is 210 Å². The summed E-state index contributed by atoms with van der Waals surface area (Å²) in [7, 11) is 0. The van der Waals surface area contributed by atoms with Crippen LogP contribution in [0, 0.1) is 6.92 Å². The van der Waals surface area contributed by atoms with Crippen molar-refractivity contribution in [3.63, 3.8) is 0 Å². The molecule has 4 heteroatoms. The lowest BCUT2D eigenvalue weighted by Crippen LogP contribution is -2.61. The first-order valence-electron chi connectivity index (χ1n) is 28.5. The highest BCUT2D eigenvalue weighted by Crippen LogP contribution is 2.57. The zero-order chi connectivity index (χ0) is 52.9. The van der Waals surface area contributed by atoms with E-state index in [0.717, 1.165) is 43.3 Å². The van der Waals surface area contributed by atoms with Crippen molar-refractivity contribution in [1.82, 2.24) is 0 Å². The summed E-state index contributed by atoms with van der Waals surface area (Å²) in [6, 6.07) is 46.2. The number of furan rings is 1. The van der Waals surface area contributed by atoms with Gasteiger partial charge < -0.3 is 14.2 Å². The van der Waals surface area contributed by atoms with Gasteiger partial charge in [0, 0.05) is 33.7 Å². The van der Waals surface area contributed by atoms with Gasteiger partial charge in [-0.15, -0.1) is 0 Å². The molecule has 1 aromatic heterocycles. The van der Waals surface area contributed by atoms with E-state index in [9.17, 15) is 0 Å². The molecule has 382 valence electrons. The van der Waals surface area contributed by atoms with E-state index < -0.39 is 0 Å². The van der Waals surface area contributed by atoms with E-state index in [1.807, 2.05) is 0 Å². The predicted octanol–water partition coefficient (Wildman–Crippen LogP) is 18.0. The summed E-state index contributed by atoms with van der Waals surface area (Å²) in [5.74, 6) is 0. The number of anilines is 6. The molecule has 3 heterocycles. The Labute approximate surface area is 449 Å². The number of nitrogens with zero attached hydrogens (tertiary/aromatic N) is 2. The van der Waals surface area contributed by atoms with Crippen LogP contribution in [-0.2, 0) is 37.9 Å². The van der Waals surface area contributed by atoms with Crippen LogP contribution >= 0.6 is 0 Å². The lowest BCUT2D eigenvalue weighted by molar-refractivity contribution is 0.332. The second kappa shape index (κ2) is 15.6. The summed E-state index contributed by atoms with van der Waals surface area (Å²) in [5, 5.41) is 3.74. The van der Waals surface area contributed by atoms with Gasteiger partial charge in [-0.2, -0.15) is 0 Å². The molecule has 7 aromatic carbocycles. The van der Waals surface area contributed by atoms with E-state index in [4.69, 9.17) is 4.42 Å². The molecule has 8 aromatic rings. The number of aryl methyl sites for hydroxylation is 1. The van der Waals surface area contributed by atoms with Gasteiger partial charge >= 0.3 is 0 Å². The Morgan fingerprint density at radius 1 is 0.453 bits per heavy atom.